The predicted molar refractivity (Wildman–Crippen MR) is 75.6 cm³/mol. The minimum absolute atomic E-state index is 0.282. The van der Waals surface area contributed by atoms with Crippen LogP contribution in [0.1, 0.15) is 6.42 Å². The van der Waals surface area contributed by atoms with Crippen LogP contribution in [-0.4, -0.2) is 38.9 Å². The Kier molecular flexibility index (Phi) is 6.48. The van der Waals surface area contributed by atoms with Gasteiger partial charge < -0.3 is 20.5 Å². The van der Waals surface area contributed by atoms with E-state index in [1.165, 1.54) is 7.11 Å². The summed E-state index contributed by atoms with van der Waals surface area (Å²) in [6.07, 6.45) is -0.104. The Balaban J connectivity index is 2.52. The highest BCUT2D eigenvalue weighted by molar-refractivity contribution is 5.95. The number of nitrogens with one attached hydrogen (secondary N) is 2. The fourth-order valence-electron chi connectivity index (χ4n) is 1.42. The second-order valence-corrected chi connectivity index (χ2v) is 4.07. The molecule has 0 fully saturated rings. The minimum Gasteiger partial charge on any atom is -0.453 e. The lowest BCUT2D eigenvalue weighted by atomic mass is 10.2. The second kappa shape index (κ2) is 8.13. The Morgan fingerprint density at radius 2 is 1.70 bits per heavy atom. The highest BCUT2D eigenvalue weighted by Crippen LogP contribution is 2.14. The van der Waals surface area contributed by atoms with Gasteiger partial charge in [0.25, 0.3) is 0 Å². The fraction of sp³-hybridized carbons (Fsp3) is 0.385. The molecule has 0 bridgehead atoms. The molecule has 0 aromatic heterocycles. The first-order chi connectivity index (χ1) is 9.56. The van der Waals surface area contributed by atoms with Crippen LogP contribution in [0, 0.1) is 0 Å². The van der Waals surface area contributed by atoms with Crippen LogP contribution in [0.4, 0.5) is 16.2 Å². The zero-order valence-electron chi connectivity index (χ0n) is 11.5. The Hall–Kier alpha value is -2.12. The van der Waals surface area contributed by atoms with Gasteiger partial charge in [-0.1, -0.05) is 0 Å². The van der Waals surface area contributed by atoms with Crippen LogP contribution in [0.15, 0.2) is 24.3 Å². The number of amides is 2. The van der Waals surface area contributed by atoms with Gasteiger partial charge in [-0.25, -0.2) is 4.79 Å². The second-order valence-electron chi connectivity index (χ2n) is 4.07. The van der Waals surface area contributed by atoms with Gasteiger partial charge in [-0.05, 0) is 30.7 Å². The van der Waals surface area contributed by atoms with Crippen LogP contribution in [-0.2, 0) is 14.3 Å². The first kappa shape index (κ1) is 15.9. The fourth-order valence-corrected chi connectivity index (χ4v) is 1.42. The number of hydrogen-bond donors (Lipinski definition) is 3. The van der Waals surface area contributed by atoms with Gasteiger partial charge in [-0.15, -0.1) is 0 Å². The van der Waals surface area contributed by atoms with Crippen molar-refractivity contribution in [2.45, 2.75) is 12.5 Å². The van der Waals surface area contributed by atoms with Gasteiger partial charge >= 0.3 is 6.09 Å². The quantitative estimate of drug-likeness (QED) is 0.726. The van der Waals surface area contributed by atoms with E-state index in [9.17, 15) is 9.59 Å². The molecule has 0 aliphatic carbocycles. The smallest absolute Gasteiger partial charge is 0.411 e. The van der Waals surface area contributed by atoms with E-state index in [4.69, 9.17) is 10.5 Å². The topological polar surface area (TPSA) is 103 Å². The van der Waals surface area contributed by atoms with E-state index in [2.05, 4.69) is 15.4 Å². The van der Waals surface area contributed by atoms with Crippen molar-refractivity contribution >= 4 is 23.4 Å². The summed E-state index contributed by atoms with van der Waals surface area (Å²) in [5.74, 6) is -0.282. The molecule has 0 saturated heterocycles. The Morgan fingerprint density at radius 1 is 1.15 bits per heavy atom. The maximum atomic E-state index is 11.7. The molecule has 2 amide bonds. The largest absolute Gasteiger partial charge is 0.453 e. The lowest BCUT2D eigenvalue weighted by Gasteiger charge is -2.12. The zero-order valence-corrected chi connectivity index (χ0v) is 11.5. The van der Waals surface area contributed by atoms with E-state index in [1.54, 1.807) is 31.4 Å². The molecule has 20 heavy (non-hydrogen) atoms. The SMILES string of the molecule is COCCC(N)C(=O)Nc1ccc(NC(=O)OC)cc1. The lowest BCUT2D eigenvalue weighted by molar-refractivity contribution is -0.117. The highest BCUT2D eigenvalue weighted by atomic mass is 16.5. The van der Waals surface area contributed by atoms with Crippen molar-refractivity contribution in [3.05, 3.63) is 24.3 Å². The summed E-state index contributed by atoms with van der Waals surface area (Å²) in [5.41, 5.74) is 6.86. The van der Waals surface area contributed by atoms with E-state index in [1.807, 2.05) is 0 Å². The summed E-state index contributed by atoms with van der Waals surface area (Å²) in [5, 5.41) is 5.19. The monoisotopic (exact) mass is 281 g/mol. The molecule has 4 N–H and O–H groups in total. The van der Waals surface area contributed by atoms with Gasteiger partial charge in [0.1, 0.15) is 0 Å². The van der Waals surface area contributed by atoms with Gasteiger partial charge in [0.05, 0.1) is 13.2 Å². The summed E-state index contributed by atoms with van der Waals surface area (Å²) in [7, 11) is 2.84. The molecule has 1 aromatic carbocycles. The molecule has 1 atom stereocenters. The van der Waals surface area contributed by atoms with E-state index < -0.39 is 12.1 Å². The van der Waals surface area contributed by atoms with Crippen molar-refractivity contribution in [1.82, 2.24) is 0 Å². The third-order valence-corrected chi connectivity index (χ3v) is 2.55. The number of methoxy groups -OCH3 is 2. The van der Waals surface area contributed by atoms with Crippen molar-refractivity contribution in [3.8, 4) is 0 Å². The minimum atomic E-state index is -0.622. The molecular weight excluding hydrogens is 262 g/mol. The number of nitrogens with two attached hydrogens (primary N) is 1. The number of carbonyl (C=O) groups is 2. The number of anilines is 2. The van der Waals surface area contributed by atoms with E-state index in [-0.39, 0.29) is 5.91 Å². The molecule has 0 aliphatic rings. The maximum Gasteiger partial charge on any atom is 0.411 e. The average Bonchev–Trinajstić information content (AvgIpc) is 2.46. The zero-order chi connectivity index (χ0) is 15.0. The molecule has 0 heterocycles. The number of hydrogen-bond acceptors (Lipinski definition) is 5. The van der Waals surface area contributed by atoms with Crippen molar-refractivity contribution < 1.29 is 19.1 Å². The van der Waals surface area contributed by atoms with Crippen molar-refractivity contribution in [2.24, 2.45) is 5.73 Å². The summed E-state index contributed by atoms with van der Waals surface area (Å²) < 4.78 is 9.33. The van der Waals surface area contributed by atoms with Crippen molar-refractivity contribution in [1.29, 1.82) is 0 Å². The van der Waals surface area contributed by atoms with Crippen LogP contribution in [0.3, 0.4) is 0 Å². The number of benzene rings is 1. The first-order valence-corrected chi connectivity index (χ1v) is 6.07. The molecule has 0 saturated carbocycles. The van der Waals surface area contributed by atoms with Crippen LogP contribution < -0.4 is 16.4 Å². The van der Waals surface area contributed by atoms with E-state index in [0.717, 1.165) is 0 Å². The molecule has 1 rings (SSSR count). The van der Waals surface area contributed by atoms with Crippen LogP contribution in [0.2, 0.25) is 0 Å². The molecule has 7 heteroatoms. The van der Waals surface area contributed by atoms with Gasteiger partial charge in [-0.3, -0.25) is 10.1 Å². The van der Waals surface area contributed by atoms with Crippen molar-refractivity contribution in [3.63, 3.8) is 0 Å². The molecule has 1 aromatic rings. The van der Waals surface area contributed by atoms with Gasteiger partial charge in [0.15, 0.2) is 0 Å². The van der Waals surface area contributed by atoms with E-state index in [0.29, 0.717) is 24.4 Å². The molecule has 1 unspecified atom stereocenters. The Morgan fingerprint density at radius 3 is 2.20 bits per heavy atom. The van der Waals surface area contributed by atoms with Crippen molar-refractivity contribution in [2.75, 3.05) is 31.5 Å². The van der Waals surface area contributed by atoms with Crippen LogP contribution in [0.5, 0.6) is 0 Å². The maximum absolute atomic E-state index is 11.7. The van der Waals surface area contributed by atoms with Crippen LogP contribution in [0.25, 0.3) is 0 Å². The normalized spacial score (nSPS) is 11.6. The molecule has 0 aliphatic heterocycles. The van der Waals surface area contributed by atoms with Gasteiger partial charge in [0.2, 0.25) is 5.91 Å². The first-order valence-electron chi connectivity index (χ1n) is 6.07. The molecule has 0 spiro atoms. The summed E-state index contributed by atoms with van der Waals surface area (Å²) in [6, 6.07) is 5.99. The molecule has 7 nitrogen and oxygen atoms in total. The summed E-state index contributed by atoms with van der Waals surface area (Å²) >= 11 is 0. The summed E-state index contributed by atoms with van der Waals surface area (Å²) in [6.45, 7) is 0.427. The summed E-state index contributed by atoms with van der Waals surface area (Å²) in [4.78, 5) is 22.7. The third-order valence-electron chi connectivity index (χ3n) is 2.55. The number of ether oxygens (including phenoxy) is 2. The number of rotatable bonds is 6. The lowest BCUT2D eigenvalue weighted by Crippen LogP contribution is -2.36. The van der Waals surface area contributed by atoms with Crippen LogP contribution >= 0.6 is 0 Å². The van der Waals surface area contributed by atoms with Gasteiger partial charge in [-0.2, -0.15) is 0 Å². The van der Waals surface area contributed by atoms with Gasteiger partial charge in [0, 0.05) is 25.1 Å². The average molecular weight is 281 g/mol. The Labute approximate surface area is 117 Å². The highest BCUT2D eigenvalue weighted by Gasteiger charge is 2.13. The number of carbonyl (C=O) groups excluding carboxylic acids is 2. The molecule has 110 valence electrons. The predicted octanol–water partition coefficient (Wildman–Crippen LogP) is 1.17. The molecule has 0 radical (unpaired) electrons. The Bertz CT molecular complexity index is 447. The molecular formula is C13H19N3O4. The van der Waals surface area contributed by atoms with E-state index >= 15 is 0 Å². The standard InChI is InChI=1S/C13H19N3O4/c1-19-8-7-11(14)12(17)15-9-3-5-10(6-4-9)16-13(18)20-2/h3-6,11H,7-8,14H2,1-2H3,(H,15,17)(H,16,18). The third kappa shape index (κ3) is 5.25.